The van der Waals surface area contributed by atoms with Gasteiger partial charge in [0.2, 0.25) is 0 Å². The summed E-state index contributed by atoms with van der Waals surface area (Å²) in [6, 6.07) is 18.0. The Morgan fingerprint density at radius 1 is 0.912 bits per heavy atom. The molecule has 2 aromatic carbocycles. The zero-order valence-corrected chi connectivity index (χ0v) is 20.1. The summed E-state index contributed by atoms with van der Waals surface area (Å²) in [5.74, 6) is 0.219. The Morgan fingerprint density at radius 2 is 1.50 bits per heavy atom. The van der Waals surface area contributed by atoms with E-state index in [0.717, 1.165) is 42.1 Å². The van der Waals surface area contributed by atoms with Crippen LogP contribution in [0.15, 0.2) is 70.6 Å². The van der Waals surface area contributed by atoms with Crippen molar-refractivity contribution >= 4 is 46.3 Å². The van der Waals surface area contributed by atoms with Crippen molar-refractivity contribution in [2.24, 2.45) is 5.10 Å². The third kappa shape index (κ3) is 5.95. The summed E-state index contributed by atoms with van der Waals surface area (Å²) in [5.41, 5.74) is 4.71. The van der Waals surface area contributed by atoms with Gasteiger partial charge in [0.1, 0.15) is 12.4 Å². The van der Waals surface area contributed by atoms with Crippen LogP contribution in [0.3, 0.4) is 0 Å². The molecule has 1 fully saturated rings. The first kappa shape index (κ1) is 23.8. The van der Waals surface area contributed by atoms with E-state index in [2.05, 4.69) is 25.4 Å². The van der Waals surface area contributed by atoms with Crippen LogP contribution in [0.25, 0.3) is 0 Å². The molecule has 34 heavy (non-hydrogen) atoms. The number of aromatic nitrogens is 2. The molecule has 0 bridgehead atoms. The van der Waals surface area contributed by atoms with Crippen LogP contribution in [0.4, 0.5) is 11.5 Å². The number of carbonyl (C=O) groups excluding carboxylic acids is 1. The average Bonchev–Trinajstić information content (AvgIpc) is 2.85. The van der Waals surface area contributed by atoms with E-state index < -0.39 is 5.91 Å². The molecular weight excluding hydrogens is 475 g/mol. The van der Waals surface area contributed by atoms with Gasteiger partial charge in [0.05, 0.1) is 5.71 Å². The molecule has 176 valence electrons. The fourth-order valence-electron chi connectivity index (χ4n) is 3.64. The second-order valence-electron chi connectivity index (χ2n) is 7.88. The van der Waals surface area contributed by atoms with E-state index in [1.165, 1.54) is 6.07 Å². The average molecular weight is 499 g/mol. The summed E-state index contributed by atoms with van der Waals surface area (Å²) in [6.07, 6.45) is 0. The largest absolute Gasteiger partial charge is 0.368 e. The maximum Gasteiger partial charge on any atom is 0.267 e. The summed E-state index contributed by atoms with van der Waals surface area (Å²) < 4.78 is 1.16. The van der Waals surface area contributed by atoms with Crippen LogP contribution in [0.5, 0.6) is 0 Å². The van der Waals surface area contributed by atoms with Crippen LogP contribution in [-0.4, -0.2) is 47.6 Å². The van der Waals surface area contributed by atoms with E-state index in [-0.39, 0.29) is 12.1 Å². The Bertz CT molecular complexity index is 1230. The number of halogens is 2. The molecule has 10 heteroatoms. The highest BCUT2D eigenvalue weighted by atomic mass is 35.5. The predicted molar refractivity (Wildman–Crippen MR) is 136 cm³/mol. The lowest BCUT2D eigenvalue weighted by Gasteiger charge is -2.36. The number of nitrogens with zero attached hydrogens (tertiary/aromatic N) is 5. The second-order valence-corrected chi connectivity index (χ2v) is 8.75. The van der Waals surface area contributed by atoms with E-state index in [9.17, 15) is 9.59 Å². The van der Waals surface area contributed by atoms with Gasteiger partial charge in [0, 0.05) is 48.0 Å². The molecule has 8 nitrogen and oxygen atoms in total. The number of piperazine rings is 1. The molecule has 0 spiro atoms. The van der Waals surface area contributed by atoms with Crippen LogP contribution in [0.1, 0.15) is 12.5 Å². The maximum atomic E-state index is 12.4. The zero-order valence-electron chi connectivity index (χ0n) is 18.6. The quantitative estimate of drug-likeness (QED) is 0.415. The molecule has 0 unspecified atom stereocenters. The molecule has 1 aliphatic heterocycles. The van der Waals surface area contributed by atoms with Gasteiger partial charge in [-0.3, -0.25) is 9.59 Å². The molecule has 2 heterocycles. The minimum atomic E-state index is -0.437. The number of hydrogen-bond donors (Lipinski definition) is 1. The van der Waals surface area contributed by atoms with Crippen LogP contribution < -0.4 is 20.8 Å². The number of hydrazone groups is 1. The van der Waals surface area contributed by atoms with Crippen LogP contribution >= 0.6 is 23.2 Å². The molecule has 1 aliphatic rings. The molecule has 0 atom stereocenters. The van der Waals surface area contributed by atoms with E-state index in [1.54, 1.807) is 25.1 Å². The first-order chi connectivity index (χ1) is 16.4. The highest BCUT2D eigenvalue weighted by Crippen LogP contribution is 2.21. The van der Waals surface area contributed by atoms with Crippen molar-refractivity contribution < 1.29 is 4.79 Å². The van der Waals surface area contributed by atoms with Crippen LogP contribution in [0.2, 0.25) is 10.0 Å². The Kier molecular flexibility index (Phi) is 7.49. The van der Waals surface area contributed by atoms with Crippen molar-refractivity contribution in [3.05, 3.63) is 86.6 Å². The number of anilines is 2. The van der Waals surface area contributed by atoms with Gasteiger partial charge in [-0.05, 0) is 55.0 Å². The highest BCUT2D eigenvalue weighted by molar-refractivity contribution is 6.31. The fourth-order valence-corrected chi connectivity index (χ4v) is 3.89. The van der Waals surface area contributed by atoms with Crippen LogP contribution in [0, 0.1) is 0 Å². The topological polar surface area (TPSA) is 82.8 Å². The van der Waals surface area contributed by atoms with Crippen molar-refractivity contribution in [3.63, 3.8) is 0 Å². The molecule has 4 rings (SSSR count). The first-order valence-electron chi connectivity index (χ1n) is 10.8. The van der Waals surface area contributed by atoms with Crippen molar-refractivity contribution in [1.29, 1.82) is 0 Å². The highest BCUT2D eigenvalue weighted by Gasteiger charge is 2.19. The molecule has 1 saturated heterocycles. The number of carbonyl (C=O) groups is 1. The van der Waals surface area contributed by atoms with Crippen LogP contribution in [-0.2, 0) is 11.3 Å². The summed E-state index contributed by atoms with van der Waals surface area (Å²) in [4.78, 5) is 29.1. The van der Waals surface area contributed by atoms with E-state index in [4.69, 9.17) is 23.2 Å². The molecule has 0 radical (unpaired) electrons. The van der Waals surface area contributed by atoms with Crippen molar-refractivity contribution in [3.8, 4) is 0 Å². The lowest BCUT2D eigenvalue weighted by Crippen LogP contribution is -2.47. The minimum Gasteiger partial charge on any atom is -0.368 e. The first-order valence-corrected chi connectivity index (χ1v) is 11.6. The van der Waals surface area contributed by atoms with Gasteiger partial charge in [-0.2, -0.15) is 10.2 Å². The Morgan fingerprint density at radius 3 is 2.15 bits per heavy atom. The normalized spacial score (nSPS) is 14.3. The number of nitrogens with one attached hydrogen (secondary N) is 1. The minimum absolute atomic E-state index is 0.227. The number of amides is 1. The Labute approximate surface area is 207 Å². The Hall–Kier alpha value is -3.36. The summed E-state index contributed by atoms with van der Waals surface area (Å²) in [6.45, 7) is 4.64. The van der Waals surface area contributed by atoms with Gasteiger partial charge >= 0.3 is 0 Å². The van der Waals surface area contributed by atoms with E-state index >= 15 is 0 Å². The summed E-state index contributed by atoms with van der Waals surface area (Å²) in [7, 11) is 0. The molecule has 0 saturated carbocycles. The van der Waals surface area contributed by atoms with Gasteiger partial charge in [-0.1, -0.05) is 35.3 Å². The molecule has 1 amide bonds. The van der Waals surface area contributed by atoms with Gasteiger partial charge in [0.15, 0.2) is 0 Å². The standard InChI is InChI=1S/C24H24Cl2N6O2/c1-17(18-2-4-19(25)5-3-18)27-28-23(33)16-32-24(34)11-10-22(29-32)31-14-12-30(13-15-31)21-8-6-20(26)7-9-21/h2-11H,12-16H2,1H3,(H,28,33)/b27-17+. The maximum absolute atomic E-state index is 12.4. The van der Waals surface area contributed by atoms with Gasteiger partial charge in [-0.15, -0.1) is 0 Å². The van der Waals surface area contributed by atoms with Crippen molar-refractivity contribution in [1.82, 2.24) is 15.2 Å². The third-order valence-corrected chi connectivity index (χ3v) is 6.06. The molecule has 1 N–H and O–H groups in total. The van der Waals surface area contributed by atoms with Gasteiger partial charge in [-0.25, -0.2) is 10.1 Å². The van der Waals surface area contributed by atoms with E-state index in [1.807, 2.05) is 36.4 Å². The Balaban J connectivity index is 1.37. The lowest BCUT2D eigenvalue weighted by molar-refractivity contribution is -0.121. The van der Waals surface area contributed by atoms with Crippen molar-refractivity contribution in [2.45, 2.75) is 13.5 Å². The third-order valence-electron chi connectivity index (χ3n) is 5.55. The predicted octanol–water partition coefficient (Wildman–Crippen LogP) is 3.42. The number of benzene rings is 2. The van der Waals surface area contributed by atoms with Gasteiger partial charge in [0.25, 0.3) is 11.5 Å². The zero-order chi connectivity index (χ0) is 24.1. The fraction of sp³-hybridized carbons (Fsp3) is 0.250. The summed E-state index contributed by atoms with van der Waals surface area (Å²) >= 11 is 11.9. The molecule has 3 aromatic rings. The van der Waals surface area contributed by atoms with Crippen molar-refractivity contribution in [2.75, 3.05) is 36.0 Å². The lowest BCUT2D eigenvalue weighted by atomic mass is 10.1. The molecular formula is C24H24Cl2N6O2. The molecule has 1 aromatic heterocycles. The number of rotatable bonds is 6. The van der Waals surface area contributed by atoms with Gasteiger partial charge < -0.3 is 9.80 Å². The SMILES string of the molecule is C/C(=N\NC(=O)Cn1nc(N2CCN(c3ccc(Cl)cc3)CC2)ccc1=O)c1ccc(Cl)cc1. The summed E-state index contributed by atoms with van der Waals surface area (Å²) in [5, 5.41) is 9.86. The van der Waals surface area contributed by atoms with E-state index in [0.29, 0.717) is 21.6 Å². The smallest absolute Gasteiger partial charge is 0.267 e. The monoisotopic (exact) mass is 498 g/mol. The number of hydrogen-bond acceptors (Lipinski definition) is 6. The second kappa shape index (κ2) is 10.7. The molecule has 0 aliphatic carbocycles.